The molecule has 0 amide bonds. The summed E-state index contributed by atoms with van der Waals surface area (Å²) in [5.41, 5.74) is 17.9. The summed E-state index contributed by atoms with van der Waals surface area (Å²) in [4.78, 5) is 4.68. The Morgan fingerprint density at radius 2 is 1.41 bits per heavy atom. The Labute approximate surface area is 318 Å². The smallest absolute Gasteiger partial charge is 0.0537 e. The van der Waals surface area contributed by atoms with E-state index in [1.54, 1.807) is 0 Å². The van der Waals surface area contributed by atoms with Crippen LogP contribution in [0.5, 0.6) is 0 Å². The number of rotatable bonds is 6. The van der Waals surface area contributed by atoms with Crippen LogP contribution >= 0.6 is 0 Å². The van der Waals surface area contributed by atoms with Gasteiger partial charge in [-0.1, -0.05) is 117 Å². The minimum atomic E-state index is -0.0844. The van der Waals surface area contributed by atoms with Crippen molar-refractivity contribution in [3.63, 3.8) is 0 Å². The van der Waals surface area contributed by atoms with Crippen molar-refractivity contribution in [1.29, 1.82) is 0 Å². The maximum atomic E-state index is 2.44. The maximum Gasteiger partial charge on any atom is 0.0537 e. The lowest BCUT2D eigenvalue weighted by molar-refractivity contribution is 0.512. The van der Waals surface area contributed by atoms with Crippen LogP contribution in [0.25, 0.3) is 39.4 Å². The SMILES string of the molecule is CN1C=CC=C(c2cccc(N(c3ccc(C4C=Cc5c(c6ccccc6n5-c5ccccc5)C4)cc3)c3ccc4c(c3)C(C)(C)c3ccccc3-4)c2)C1. The van der Waals surface area contributed by atoms with E-state index in [0.29, 0.717) is 5.92 Å². The van der Waals surface area contributed by atoms with Gasteiger partial charge in [0.25, 0.3) is 0 Å². The Hall–Kier alpha value is -6.32. The Balaban J connectivity index is 1.04. The van der Waals surface area contributed by atoms with Gasteiger partial charge >= 0.3 is 0 Å². The highest BCUT2D eigenvalue weighted by Crippen LogP contribution is 2.51. The number of benzene rings is 6. The van der Waals surface area contributed by atoms with Crippen molar-refractivity contribution in [3.8, 4) is 16.8 Å². The van der Waals surface area contributed by atoms with Crippen LogP contribution in [0.4, 0.5) is 17.1 Å². The highest BCUT2D eigenvalue weighted by molar-refractivity contribution is 5.91. The molecule has 2 heterocycles. The van der Waals surface area contributed by atoms with Crippen LogP contribution in [0.3, 0.4) is 0 Å². The molecule has 2 aliphatic carbocycles. The van der Waals surface area contributed by atoms with Gasteiger partial charge in [0, 0.05) is 58.8 Å². The van der Waals surface area contributed by atoms with E-state index in [1.165, 1.54) is 72.5 Å². The first-order valence-electron chi connectivity index (χ1n) is 19.1. The molecule has 1 atom stereocenters. The summed E-state index contributed by atoms with van der Waals surface area (Å²) in [6.07, 6.45) is 12.2. The molecule has 10 rings (SSSR count). The summed E-state index contributed by atoms with van der Waals surface area (Å²) in [5.74, 6) is 0.293. The summed E-state index contributed by atoms with van der Waals surface area (Å²) in [6, 6.07) is 53.9. The largest absolute Gasteiger partial charge is 0.376 e. The first-order chi connectivity index (χ1) is 26.4. The Kier molecular flexibility index (Phi) is 7.59. The lowest BCUT2D eigenvalue weighted by Crippen LogP contribution is -2.17. The predicted octanol–water partition coefficient (Wildman–Crippen LogP) is 12.6. The molecule has 1 aromatic heterocycles. The number of anilines is 3. The monoisotopic (exact) mass is 697 g/mol. The van der Waals surface area contributed by atoms with Gasteiger partial charge in [0.15, 0.2) is 0 Å². The first-order valence-corrected chi connectivity index (χ1v) is 19.1. The molecule has 0 saturated heterocycles. The third-order valence-corrected chi connectivity index (χ3v) is 11.9. The van der Waals surface area contributed by atoms with E-state index >= 15 is 0 Å². The average molecular weight is 698 g/mol. The molecule has 1 unspecified atom stereocenters. The van der Waals surface area contributed by atoms with Gasteiger partial charge in [0.1, 0.15) is 0 Å². The molecule has 3 nitrogen and oxygen atoms in total. The van der Waals surface area contributed by atoms with Crippen molar-refractivity contribution in [2.45, 2.75) is 31.6 Å². The van der Waals surface area contributed by atoms with Crippen molar-refractivity contribution in [2.75, 3.05) is 18.5 Å². The van der Waals surface area contributed by atoms with Gasteiger partial charge in [-0.15, -0.1) is 0 Å². The van der Waals surface area contributed by atoms with E-state index in [2.05, 4.69) is 211 Å². The number of nitrogens with zero attached hydrogens (tertiary/aromatic N) is 3. The molecular formula is C51H43N3. The van der Waals surface area contributed by atoms with Gasteiger partial charge in [-0.05, 0) is 124 Å². The molecule has 6 aromatic carbocycles. The summed E-state index contributed by atoms with van der Waals surface area (Å²) >= 11 is 0. The van der Waals surface area contributed by atoms with Gasteiger partial charge in [-0.3, -0.25) is 0 Å². The number of aromatic nitrogens is 1. The van der Waals surface area contributed by atoms with Crippen LogP contribution in [-0.4, -0.2) is 23.1 Å². The Bertz CT molecular complexity index is 2650. The number of para-hydroxylation sites is 2. The third-order valence-electron chi connectivity index (χ3n) is 11.9. The second kappa shape index (κ2) is 12.7. The zero-order valence-corrected chi connectivity index (χ0v) is 31.1. The Morgan fingerprint density at radius 1 is 0.667 bits per heavy atom. The summed E-state index contributed by atoms with van der Waals surface area (Å²) in [6.45, 7) is 5.61. The van der Waals surface area contributed by atoms with E-state index in [0.717, 1.165) is 24.3 Å². The van der Waals surface area contributed by atoms with Crippen LogP contribution in [0.2, 0.25) is 0 Å². The van der Waals surface area contributed by atoms with Crippen molar-refractivity contribution in [1.82, 2.24) is 9.47 Å². The fourth-order valence-corrected chi connectivity index (χ4v) is 9.16. The quantitative estimate of drug-likeness (QED) is 0.171. The van der Waals surface area contributed by atoms with Crippen molar-refractivity contribution in [2.24, 2.45) is 0 Å². The van der Waals surface area contributed by atoms with Crippen LogP contribution < -0.4 is 4.90 Å². The second-order valence-electron chi connectivity index (χ2n) is 15.5. The maximum absolute atomic E-state index is 2.44. The molecule has 1 aliphatic heterocycles. The van der Waals surface area contributed by atoms with Gasteiger partial charge < -0.3 is 14.4 Å². The molecule has 3 aliphatic rings. The Morgan fingerprint density at radius 3 is 2.26 bits per heavy atom. The molecule has 0 saturated carbocycles. The summed E-state index contributed by atoms with van der Waals surface area (Å²) in [5, 5.41) is 1.34. The molecule has 3 heteroatoms. The van der Waals surface area contributed by atoms with Crippen LogP contribution in [0.1, 0.15) is 53.3 Å². The molecule has 0 N–H and O–H groups in total. The van der Waals surface area contributed by atoms with Gasteiger partial charge in [-0.2, -0.15) is 0 Å². The van der Waals surface area contributed by atoms with Crippen molar-refractivity contribution in [3.05, 3.63) is 204 Å². The molecule has 7 aromatic rings. The number of likely N-dealkylation sites (N-methyl/N-ethyl adjacent to an activating group) is 1. The fraction of sp³-hybridized carbons (Fsp3) is 0.137. The van der Waals surface area contributed by atoms with E-state index in [4.69, 9.17) is 0 Å². The van der Waals surface area contributed by atoms with Crippen molar-refractivity contribution >= 4 is 39.6 Å². The molecule has 0 bridgehead atoms. The van der Waals surface area contributed by atoms with Crippen LogP contribution in [-0.2, 0) is 11.8 Å². The highest BCUT2D eigenvalue weighted by atomic mass is 15.1. The lowest BCUT2D eigenvalue weighted by atomic mass is 9.82. The third kappa shape index (κ3) is 5.26. The highest BCUT2D eigenvalue weighted by Gasteiger charge is 2.36. The molecule has 262 valence electrons. The van der Waals surface area contributed by atoms with E-state index in [1.807, 2.05) is 0 Å². The van der Waals surface area contributed by atoms with Gasteiger partial charge in [0.2, 0.25) is 0 Å². The zero-order valence-electron chi connectivity index (χ0n) is 31.1. The standard InChI is InChI=1S/C51H43N3/c1-51(2)47-20-9-7-18-43(47)44-28-27-42(33-48(44)51)53(41-17-11-13-36(31-41)38-14-12-30-52(3)34-38)40-25-22-35(23-26-40)37-24-29-50-46(32-37)45-19-8-10-21-49(45)54(50)39-15-5-4-6-16-39/h4-31,33,37H,32,34H2,1-3H3. The average Bonchev–Trinajstić information content (AvgIpc) is 3.66. The van der Waals surface area contributed by atoms with E-state index in [9.17, 15) is 0 Å². The minimum absolute atomic E-state index is 0.0844. The zero-order chi connectivity index (χ0) is 36.4. The van der Waals surface area contributed by atoms with Crippen molar-refractivity contribution < 1.29 is 0 Å². The van der Waals surface area contributed by atoms with Gasteiger partial charge in [0.05, 0.1) is 5.52 Å². The van der Waals surface area contributed by atoms with Crippen LogP contribution in [0, 0.1) is 0 Å². The van der Waals surface area contributed by atoms with Gasteiger partial charge in [-0.25, -0.2) is 0 Å². The number of fused-ring (bicyclic) bond motifs is 6. The molecule has 54 heavy (non-hydrogen) atoms. The molecular weight excluding hydrogens is 655 g/mol. The number of hydrogen-bond donors (Lipinski definition) is 0. The number of hydrogen-bond acceptors (Lipinski definition) is 2. The summed E-state index contributed by atoms with van der Waals surface area (Å²) in [7, 11) is 2.13. The molecule has 0 fully saturated rings. The molecule has 0 radical (unpaired) electrons. The fourth-order valence-electron chi connectivity index (χ4n) is 9.16. The van der Waals surface area contributed by atoms with E-state index < -0.39 is 0 Å². The van der Waals surface area contributed by atoms with Crippen LogP contribution in [0.15, 0.2) is 170 Å². The minimum Gasteiger partial charge on any atom is -0.376 e. The number of allylic oxidation sites excluding steroid dienone is 3. The second-order valence-corrected chi connectivity index (χ2v) is 15.5. The van der Waals surface area contributed by atoms with E-state index in [-0.39, 0.29) is 5.41 Å². The lowest BCUT2D eigenvalue weighted by Gasteiger charge is -2.29. The topological polar surface area (TPSA) is 11.4 Å². The molecule has 0 spiro atoms. The summed E-state index contributed by atoms with van der Waals surface area (Å²) < 4.78 is 2.42. The normalized spacial score (nSPS) is 16.5. The first kappa shape index (κ1) is 32.3. The predicted molar refractivity (Wildman–Crippen MR) is 227 cm³/mol.